The molecule has 2 N–H and O–H groups in total. The van der Waals surface area contributed by atoms with Gasteiger partial charge in [0.15, 0.2) is 0 Å². The quantitative estimate of drug-likeness (QED) is 0.751. The van der Waals surface area contributed by atoms with Crippen LogP contribution in [0.1, 0.15) is 21.9 Å². The molecule has 1 aliphatic heterocycles. The molecule has 0 spiro atoms. The van der Waals surface area contributed by atoms with Crippen molar-refractivity contribution in [3.63, 3.8) is 0 Å². The molecule has 0 bridgehead atoms. The van der Waals surface area contributed by atoms with Crippen LogP contribution >= 0.6 is 27.3 Å². The second-order valence-electron chi connectivity index (χ2n) is 5.30. The lowest BCUT2D eigenvalue weighted by Crippen LogP contribution is -2.44. The Hall–Kier alpha value is -2.13. The molecule has 1 unspecified atom stereocenters. The smallest absolute Gasteiger partial charge is 0.279 e. The molecule has 2 aromatic rings. The van der Waals surface area contributed by atoms with Crippen LogP contribution < -0.4 is 10.9 Å². The molecule has 7 nitrogen and oxygen atoms in total. The van der Waals surface area contributed by atoms with Crippen molar-refractivity contribution < 1.29 is 18.8 Å². The van der Waals surface area contributed by atoms with E-state index in [1.807, 2.05) is 0 Å². The lowest BCUT2D eigenvalue weighted by Gasteiger charge is -2.15. The molecule has 2 aromatic heterocycles. The number of halogens is 1. The van der Waals surface area contributed by atoms with Gasteiger partial charge in [0.2, 0.25) is 11.8 Å². The molecule has 24 heavy (non-hydrogen) atoms. The van der Waals surface area contributed by atoms with E-state index in [1.54, 1.807) is 35.4 Å². The Morgan fingerprint density at radius 3 is 2.83 bits per heavy atom. The summed E-state index contributed by atoms with van der Waals surface area (Å²) in [6.07, 6.45) is 1.66. The maximum atomic E-state index is 12.1. The van der Waals surface area contributed by atoms with Crippen LogP contribution in [0.25, 0.3) is 0 Å². The molecular weight excluding hydrogens is 398 g/mol. The van der Waals surface area contributed by atoms with E-state index in [0.717, 1.165) is 3.79 Å². The maximum absolute atomic E-state index is 12.1. The molecule has 3 amide bonds. The van der Waals surface area contributed by atoms with Crippen molar-refractivity contribution in [3.05, 3.63) is 45.0 Å². The molecule has 9 heteroatoms. The van der Waals surface area contributed by atoms with E-state index in [1.165, 1.54) is 11.3 Å². The van der Waals surface area contributed by atoms with E-state index in [0.29, 0.717) is 23.7 Å². The third-order valence-electron chi connectivity index (χ3n) is 3.61. The zero-order valence-electron chi connectivity index (χ0n) is 12.5. The lowest BCUT2D eigenvalue weighted by atomic mass is 10.1. The zero-order chi connectivity index (χ0) is 17.1. The Morgan fingerprint density at radius 1 is 1.33 bits per heavy atom. The Kier molecular flexibility index (Phi) is 5.00. The van der Waals surface area contributed by atoms with E-state index >= 15 is 0 Å². The van der Waals surface area contributed by atoms with E-state index in [-0.39, 0.29) is 18.2 Å². The molecule has 3 heterocycles. The molecule has 126 valence electrons. The number of hydrazine groups is 1. The van der Waals surface area contributed by atoms with Crippen molar-refractivity contribution in [1.82, 2.24) is 15.8 Å². The van der Waals surface area contributed by atoms with Crippen LogP contribution in [0.3, 0.4) is 0 Å². The lowest BCUT2D eigenvalue weighted by molar-refractivity contribution is -0.129. The first kappa shape index (κ1) is 16.7. The fourth-order valence-electron chi connectivity index (χ4n) is 2.41. The highest BCUT2D eigenvalue weighted by molar-refractivity contribution is 9.11. The van der Waals surface area contributed by atoms with E-state index in [4.69, 9.17) is 4.42 Å². The monoisotopic (exact) mass is 411 g/mol. The minimum absolute atomic E-state index is 0.111. The Labute approximate surface area is 150 Å². The van der Waals surface area contributed by atoms with E-state index in [9.17, 15) is 14.4 Å². The SMILES string of the molecule is O=C(NNC(=O)C1CC(=O)N(Cc2ccco2)C1)c1ccc(Br)s1. The molecule has 1 aliphatic rings. The fraction of sp³-hybridized carbons (Fsp3) is 0.267. The number of hydrogen-bond acceptors (Lipinski definition) is 5. The number of nitrogens with one attached hydrogen (secondary N) is 2. The summed E-state index contributed by atoms with van der Waals surface area (Å²) >= 11 is 4.54. The van der Waals surface area contributed by atoms with Crippen molar-refractivity contribution >= 4 is 45.0 Å². The van der Waals surface area contributed by atoms with Crippen molar-refractivity contribution in [3.8, 4) is 0 Å². The number of nitrogens with zero attached hydrogens (tertiary/aromatic N) is 1. The second-order valence-corrected chi connectivity index (χ2v) is 7.76. The van der Waals surface area contributed by atoms with Crippen molar-refractivity contribution in [1.29, 1.82) is 0 Å². The highest BCUT2D eigenvalue weighted by atomic mass is 79.9. The van der Waals surface area contributed by atoms with Crippen molar-refractivity contribution in [2.75, 3.05) is 6.54 Å². The van der Waals surface area contributed by atoms with Gasteiger partial charge >= 0.3 is 0 Å². The van der Waals surface area contributed by atoms with Crippen LogP contribution in [0.5, 0.6) is 0 Å². The normalized spacial score (nSPS) is 17.1. The number of thiophene rings is 1. The van der Waals surface area contributed by atoms with Crippen LogP contribution in [-0.2, 0) is 16.1 Å². The van der Waals surface area contributed by atoms with E-state index in [2.05, 4.69) is 26.8 Å². The Balaban J connectivity index is 1.50. The van der Waals surface area contributed by atoms with Crippen LogP contribution in [0.2, 0.25) is 0 Å². The average Bonchev–Trinajstić information content (AvgIpc) is 3.28. The number of carbonyl (C=O) groups excluding carboxylic acids is 3. The van der Waals surface area contributed by atoms with Gasteiger partial charge in [-0.05, 0) is 40.2 Å². The Bertz CT molecular complexity index is 759. The van der Waals surface area contributed by atoms with Gasteiger partial charge in [-0.3, -0.25) is 25.2 Å². The molecule has 0 aromatic carbocycles. The summed E-state index contributed by atoms with van der Waals surface area (Å²) in [6, 6.07) is 6.93. The minimum atomic E-state index is -0.497. The molecule has 1 atom stereocenters. The summed E-state index contributed by atoms with van der Waals surface area (Å²) in [5.74, 6) is -0.714. The summed E-state index contributed by atoms with van der Waals surface area (Å²) in [5.41, 5.74) is 4.75. The zero-order valence-corrected chi connectivity index (χ0v) is 14.9. The molecule has 0 radical (unpaired) electrons. The summed E-state index contributed by atoms with van der Waals surface area (Å²) in [4.78, 5) is 38.1. The van der Waals surface area contributed by atoms with Gasteiger partial charge in [0.25, 0.3) is 5.91 Å². The molecule has 0 saturated carbocycles. The van der Waals surface area contributed by atoms with Gasteiger partial charge in [0, 0.05) is 13.0 Å². The van der Waals surface area contributed by atoms with Crippen LogP contribution in [-0.4, -0.2) is 29.2 Å². The highest BCUT2D eigenvalue weighted by Crippen LogP contribution is 2.22. The van der Waals surface area contributed by atoms with Crippen LogP contribution in [0.4, 0.5) is 0 Å². The Morgan fingerprint density at radius 2 is 2.17 bits per heavy atom. The number of furan rings is 1. The summed E-state index contributed by atoms with van der Waals surface area (Å²) in [6.45, 7) is 0.636. The predicted molar refractivity (Wildman–Crippen MR) is 89.9 cm³/mol. The third-order valence-corrected chi connectivity index (χ3v) is 5.23. The van der Waals surface area contributed by atoms with Crippen LogP contribution in [0.15, 0.2) is 38.7 Å². The van der Waals surface area contributed by atoms with Gasteiger partial charge in [-0.15, -0.1) is 11.3 Å². The maximum Gasteiger partial charge on any atom is 0.279 e. The number of amides is 3. The molecule has 3 rings (SSSR count). The number of carbonyl (C=O) groups is 3. The first-order chi connectivity index (χ1) is 11.5. The van der Waals surface area contributed by atoms with E-state index < -0.39 is 11.8 Å². The first-order valence-corrected chi connectivity index (χ1v) is 8.79. The molecule has 0 aliphatic carbocycles. The third kappa shape index (κ3) is 3.85. The molecule has 1 fully saturated rings. The van der Waals surface area contributed by atoms with Gasteiger partial charge in [0.05, 0.1) is 27.4 Å². The topological polar surface area (TPSA) is 91.7 Å². The molecule has 1 saturated heterocycles. The summed E-state index contributed by atoms with van der Waals surface area (Å²) in [7, 11) is 0. The predicted octanol–water partition coefficient (Wildman–Crippen LogP) is 1.91. The number of rotatable bonds is 4. The summed E-state index contributed by atoms with van der Waals surface area (Å²) in [5, 5.41) is 0. The molecular formula is C15H14BrN3O4S. The average molecular weight is 412 g/mol. The largest absolute Gasteiger partial charge is 0.467 e. The van der Waals surface area contributed by atoms with Crippen LogP contribution in [0, 0.1) is 5.92 Å². The highest BCUT2D eigenvalue weighted by Gasteiger charge is 2.34. The first-order valence-electron chi connectivity index (χ1n) is 7.18. The van der Waals surface area contributed by atoms with Gasteiger partial charge in [-0.2, -0.15) is 0 Å². The van der Waals surface area contributed by atoms with Crippen molar-refractivity contribution in [2.45, 2.75) is 13.0 Å². The minimum Gasteiger partial charge on any atom is -0.467 e. The van der Waals surface area contributed by atoms with Gasteiger partial charge < -0.3 is 9.32 Å². The van der Waals surface area contributed by atoms with Gasteiger partial charge in [0.1, 0.15) is 5.76 Å². The van der Waals surface area contributed by atoms with Gasteiger partial charge in [-0.1, -0.05) is 0 Å². The fourth-order valence-corrected chi connectivity index (χ4v) is 3.69. The second kappa shape index (κ2) is 7.18. The standard InChI is InChI=1S/C15H14BrN3O4S/c16-12-4-3-11(24-12)15(22)18-17-14(21)9-6-13(20)19(7-9)8-10-2-1-5-23-10/h1-5,9H,6-8H2,(H,17,21)(H,18,22). The van der Waals surface area contributed by atoms with Gasteiger partial charge in [-0.25, -0.2) is 0 Å². The summed E-state index contributed by atoms with van der Waals surface area (Å²) < 4.78 is 6.04. The number of likely N-dealkylation sites (tertiary alicyclic amines) is 1. The van der Waals surface area contributed by atoms with Crippen molar-refractivity contribution in [2.24, 2.45) is 5.92 Å². The number of hydrogen-bond donors (Lipinski definition) is 2.